The van der Waals surface area contributed by atoms with E-state index in [2.05, 4.69) is 15.9 Å². The third-order valence-corrected chi connectivity index (χ3v) is 3.31. The largest absolute Gasteiger partial charge is 0.336 e. The van der Waals surface area contributed by atoms with E-state index in [1.165, 1.54) is 18.2 Å². The Hall–Kier alpha value is -1.43. The van der Waals surface area contributed by atoms with Gasteiger partial charge < -0.3 is 4.90 Å². The van der Waals surface area contributed by atoms with E-state index in [4.69, 9.17) is 0 Å². The third kappa shape index (κ3) is 3.07. The van der Waals surface area contributed by atoms with E-state index in [0.717, 1.165) is 0 Å². The number of non-ortho nitro benzene ring substituents is 1. The van der Waals surface area contributed by atoms with E-state index >= 15 is 0 Å². The predicted molar refractivity (Wildman–Crippen MR) is 72.6 cm³/mol. The predicted octanol–water partition coefficient (Wildman–Crippen LogP) is 3.23. The number of benzene rings is 1. The molecule has 0 unspecified atom stereocenters. The number of carbonyl (C=O) groups is 1. The Morgan fingerprint density at radius 1 is 1.50 bits per heavy atom. The van der Waals surface area contributed by atoms with Crippen LogP contribution in [0.5, 0.6) is 0 Å². The second-order valence-electron chi connectivity index (χ2n) is 4.11. The van der Waals surface area contributed by atoms with Crippen molar-refractivity contribution in [1.29, 1.82) is 0 Å². The summed E-state index contributed by atoms with van der Waals surface area (Å²) >= 11 is 3.26. The highest BCUT2D eigenvalue weighted by molar-refractivity contribution is 9.10. The lowest BCUT2D eigenvalue weighted by atomic mass is 10.1. The molecule has 1 rings (SSSR count). The zero-order chi connectivity index (χ0) is 13.9. The highest BCUT2D eigenvalue weighted by atomic mass is 79.9. The molecule has 98 valence electrons. The Balaban J connectivity index is 3.19. The van der Waals surface area contributed by atoms with Crippen LogP contribution in [-0.4, -0.2) is 28.3 Å². The molecule has 1 aromatic carbocycles. The highest BCUT2D eigenvalue weighted by Crippen LogP contribution is 2.24. The fourth-order valence-electron chi connectivity index (χ4n) is 1.69. The first-order chi connectivity index (χ1) is 8.38. The SMILES string of the molecule is CCN(C(=O)c1cc([N+](=O)[O-])ccc1Br)C(C)C. The molecule has 1 aromatic rings. The fraction of sp³-hybridized carbons (Fsp3) is 0.417. The van der Waals surface area contributed by atoms with Gasteiger partial charge in [-0.25, -0.2) is 0 Å². The Morgan fingerprint density at radius 2 is 2.11 bits per heavy atom. The van der Waals surface area contributed by atoms with E-state index in [9.17, 15) is 14.9 Å². The summed E-state index contributed by atoms with van der Waals surface area (Å²) < 4.78 is 0.567. The van der Waals surface area contributed by atoms with Crippen LogP contribution in [-0.2, 0) is 0 Å². The first kappa shape index (κ1) is 14.6. The number of halogens is 1. The zero-order valence-electron chi connectivity index (χ0n) is 10.5. The summed E-state index contributed by atoms with van der Waals surface area (Å²) in [6.45, 7) is 6.26. The Morgan fingerprint density at radius 3 is 2.56 bits per heavy atom. The molecule has 18 heavy (non-hydrogen) atoms. The lowest BCUT2D eigenvalue weighted by molar-refractivity contribution is -0.384. The van der Waals surface area contributed by atoms with E-state index in [-0.39, 0.29) is 17.6 Å². The van der Waals surface area contributed by atoms with Crippen LogP contribution in [0.25, 0.3) is 0 Å². The smallest absolute Gasteiger partial charge is 0.270 e. The van der Waals surface area contributed by atoms with Gasteiger partial charge in [0, 0.05) is 29.2 Å². The van der Waals surface area contributed by atoms with Crippen molar-refractivity contribution in [1.82, 2.24) is 4.90 Å². The summed E-state index contributed by atoms with van der Waals surface area (Å²) in [5, 5.41) is 10.7. The molecule has 0 radical (unpaired) electrons. The molecular formula is C12H15BrN2O3. The van der Waals surface area contributed by atoms with Gasteiger partial charge in [0.05, 0.1) is 10.5 Å². The van der Waals surface area contributed by atoms with Crippen molar-refractivity contribution in [2.45, 2.75) is 26.8 Å². The molecule has 0 fully saturated rings. The molecule has 0 aliphatic carbocycles. The van der Waals surface area contributed by atoms with Crippen LogP contribution in [0, 0.1) is 10.1 Å². The molecule has 0 saturated heterocycles. The molecule has 0 saturated carbocycles. The number of amides is 1. The lowest BCUT2D eigenvalue weighted by Gasteiger charge is -2.25. The minimum atomic E-state index is -0.505. The molecule has 0 aliphatic rings. The second kappa shape index (κ2) is 5.95. The van der Waals surface area contributed by atoms with E-state index < -0.39 is 4.92 Å². The van der Waals surface area contributed by atoms with Crippen molar-refractivity contribution in [2.75, 3.05) is 6.54 Å². The summed E-state index contributed by atoms with van der Waals surface area (Å²) in [6.07, 6.45) is 0. The molecule has 6 heteroatoms. The van der Waals surface area contributed by atoms with Crippen molar-refractivity contribution in [2.24, 2.45) is 0 Å². The van der Waals surface area contributed by atoms with Crippen LogP contribution >= 0.6 is 15.9 Å². The van der Waals surface area contributed by atoms with Crippen molar-refractivity contribution >= 4 is 27.5 Å². The van der Waals surface area contributed by atoms with Crippen molar-refractivity contribution < 1.29 is 9.72 Å². The molecule has 0 atom stereocenters. The van der Waals surface area contributed by atoms with Gasteiger partial charge in [0.15, 0.2) is 0 Å². The first-order valence-electron chi connectivity index (χ1n) is 5.63. The Labute approximate surface area is 114 Å². The van der Waals surface area contributed by atoms with Crippen LogP contribution in [0.2, 0.25) is 0 Å². The Bertz CT molecular complexity index is 474. The van der Waals surface area contributed by atoms with Gasteiger partial charge >= 0.3 is 0 Å². The first-order valence-corrected chi connectivity index (χ1v) is 6.42. The summed E-state index contributed by atoms with van der Waals surface area (Å²) in [7, 11) is 0. The molecule has 1 amide bonds. The number of nitro benzene ring substituents is 1. The number of hydrogen-bond donors (Lipinski definition) is 0. The van der Waals surface area contributed by atoms with Crippen molar-refractivity contribution in [3.8, 4) is 0 Å². The summed E-state index contributed by atoms with van der Waals surface area (Å²) in [4.78, 5) is 24.2. The number of nitro groups is 1. The normalized spacial score (nSPS) is 10.5. The van der Waals surface area contributed by atoms with E-state index in [0.29, 0.717) is 16.6 Å². The standard InChI is InChI=1S/C12H15BrN2O3/c1-4-14(8(2)3)12(16)10-7-9(15(17)18)5-6-11(10)13/h5-8H,4H2,1-3H3. The minimum absolute atomic E-state index is 0.0497. The number of rotatable bonds is 4. The van der Waals surface area contributed by atoms with Crippen LogP contribution in [0.1, 0.15) is 31.1 Å². The highest BCUT2D eigenvalue weighted by Gasteiger charge is 2.21. The van der Waals surface area contributed by atoms with Crippen LogP contribution in [0.4, 0.5) is 5.69 Å². The van der Waals surface area contributed by atoms with Gasteiger partial charge in [0.25, 0.3) is 11.6 Å². The quantitative estimate of drug-likeness (QED) is 0.633. The van der Waals surface area contributed by atoms with Crippen LogP contribution in [0.3, 0.4) is 0 Å². The number of hydrogen-bond acceptors (Lipinski definition) is 3. The molecule has 0 bridgehead atoms. The summed E-state index contributed by atoms with van der Waals surface area (Å²) in [6, 6.07) is 4.25. The van der Waals surface area contributed by atoms with Crippen molar-refractivity contribution in [3.63, 3.8) is 0 Å². The van der Waals surface area contributed by atoms with E-state index in [1.54, 1.807) is 4.90 Å². The Kier molecular flexibility index (Phi) is 4.84. The average Bonchev–Trinajstić information content (AvgIpc) is 2.29. The van der Waals surface area contributed by atoms with E-state index in [1.807, 2.05) is 20.8 Å². The molecule has 0 aliphatic heterocycles. The van der Waals surface area contributed by atoms with Gasteiger partial charge in [-0.05, 0) is 42.8 Å². The molecule has 0 heterocycles. The summed E-state index contributed by atoms with van der Waals surface area (Å²) in [5.41, 5.74) is 0.237. The van der Waals surface area contributed by atoms with Gasteiger partial charge in [-0.15, -0.1) is 0 Å². The summed E-state index contributed by atoms with van der Waals surface area (Å²) in [5.74, 6) is -0.205. The number of nitrogens with zero attached hydrogens (tertiary/aromatic N) is 2. The van der Waals surface area contributed by atoms with Crippen LogP contribution < -0.4 is 0 Å². The lowest BCUT2D eigenvalue weighted by Crippen LogP contribution is -2.36. The minimum Gasteiger partial charge on any atom is -0.336 e. The van der Waals surface area contributed by atoms with Gasteiger partial charge in [0.2, 0.25) is 0 Å². The van der Waals surface area contributed by atoms with Gasteiger partial charge in [0.1, 0.15) is 0 Å². The molecular weight excluding hydrogens is 300 g/mol. The third-order valence-electron chi connectivity index (χ3n) is 2.62. The molecule has 0 spiro atoms. The fourth-order valence-corrected chi connectivity index (χ4v) is 2.10. The zero-order valence-corrected chi connectivity index (χ0v) is 12.1. The van der Waals surface area contributed by atoms with Crippen molar-refractivity contribution in [3.05, 3.63) is 38.3 Å². The van der Waals surface area contributed by atoms with Gasteiger partial charge in [-0.1, -0.05) is 0 Å². The molecule has 0 aromatic heterocycles. The maximum Gasteiger partial charge on any atom is 0.270 e. The van der Waals surface area contributed by atoms with Gasteiger partial charge in [-0.2, -0.15) is 0 Å². The maximum absolute atomic E-state index is 12.3. The topological polar surface area (TPSA) is 63.5 Å². The number of carbonyl (C=O) groups excluding carboxylic acids is 1. The van der Waals surface area contributed by atoms with Crippen LogP contribution in [0.15, 0.2) is 22.7 Å². The molecule has 5 nitrogen and oxygen atoms in total. The average molecular weight is 315 g/mol. The maximum atomic E-state index is 12.3. The molecule has 0 N–H and O–H groups in total. The monoisotopic (exact) mass is 314 g/mol. The second-order valence-corrected chi connectivity index (χ2v) is 4.96. The van der Waals surface area contributed by atoms with Gasteiger partial charge in [-0.3, -0.25) is 14.9 Å².